The van der Waals surface area contributed by atoms with Crippen LogP contribution in [0.5, 0.6) is 0 Å². The number of anilines is 1. The fourth-order valence-electron chi connectivity index (χ4n) is 2.02. The molecule has 0 spiro atoms. The normalized spacial score (nSPS) is 20.9. The van der Waals surface area contributed by atoms with Gasteiger partial charge in [-0.2, -0.15) is 0 Å². The molecule has 2 atom stereocenters. The van der Waals surface area contributed by atoms with Gasteiger partial charge in [0.05, 0.1) is 11.9 Å². The lowest BCUT2D eigenvalue weighted by Gasteiger charge is -2.27. The van der Waals surface area contributed by atoms with E-state index in [0.717, 1.165) is 0 Å². The molecule has 0 aliphatic carbocycles. The lowest BCUT2D eigenvalue weighted by Crippen LogP contribution is -2.51. The molecular weight excluding hydrogens is 304 g/mol. The molecule has 1 heterocycles. The van der Waals surface area contributed by atoms with E-state index >= 15 is 0 Å². The largest absolute Gasteiger partial charge is 0.464 e. The number of ether oxygens (including phenoxy) is 1. The van der Waals surface area contributed by atoms with Crippen molar-refractivity contribution >= 4 is 35.2 Å². The Kier molecular flexibility index (Phi) is 5.83. The van der Waals surface area contributed by atoms with E-state index in [-0.39, 0.29) is 24.8 Å². The quantitative estimate of drug-likeness (QED) is 0.795. The summed E-state index contributed by atoms with van der Waals surface area (Å²) >= 11 is 1.30. The minimum absolute atomic E-state index is 0.0704. The van der Waals surface area contributed by atoms with Crippen molar-refractivity contribution in [3.8, 4) is 0 Å². The Labute approximate surface area is 133 Å². The maximum atomic E-state index is 12.0. The van der Waals surface area contributed by atoms with E-state index in [1.165, 1.54) is 11.8 Å². The zero-order chi connectivity index (χ0) is 15.9. The Balaban J connectivity index is 1.83. The van der Waals surface area contributed by atoms with Gasteiger partial charge in [-0.3, -0.25) is 9.59 Å². The fourth-order valence-corrected chi connectivity index (χ4v) is 3.15. The van der Waals surface area contributed by atoms with Crippen LogP contribution >= 0.6 is 11.8 Å². The van der Waals surface area contributed by atoms with Crippen molar-refractivity contribution in [2.45, 2.75) is 24.6 Å². The molecule has 2 rings (SSSR count). The minimum Gasteiger partial charge on any atom is -0.464 e. The summed E-state index contributed by atoms with van der Waals surface area (Å²) in [7, 11) is 0. The van der Waals surface area contributed by atoms with E-state index in [2.05, 4.69) is 10.6 Å². The standard InChI is InChI=1S/C15H18N2O4S/c1-2-21-15(20)11-9-22-12(14(19)17-11)8-13(18)16-10-6-4-3-5-7-10/h3-7,11-12H,2,8-9H2,1H3,(H,16,18)(H,17,19)/t11-,12+/m0/s1. The Morgan fingerprint density at radius 3 is 2.73 bits per heavy atom. The molecule has 0 aromatic heterocycles. The lowest BCUT2D eigenvalue weighted by atomic mass is 10.2. The maximum Gasteiger partial charge on any atom is 0.329 e. The molecule has 1 aliphatic heterocycles. The smallest absolute Gasteiger partial charge is 0.329 e. The van der Waals surface area contributed by atoms with Crippen LogP contribution in [0.25, 0.3) is 0 Å². The highest BCUT2D eigenvalue weighted by Gasteiger charge is 2.34. The second-order valence-electron chi connectivity index (χ2n) is 4.75. The van der Waals surface area contributed by atoms with E-state index in [0.29, 0.717) is 11.4 Å². The molecule has 2 N–H and O–H groups in total. The Morgan fingerprint density at radius 2 is 2.09 bits per heavy atom. The van der Waals surface area contributed by atoms with Crippen molar-refractivity contribution in [1.29, 1.82) is 0 Å². The maximum absolute atomic E-state index is 12.0. The number of nitrogens with one attached hydrogen (secondary N) is 2. The van der Waals surface area contributed by atoms with Crippen LogP contribution < -0.4 is 10.6 Å². The highest BCUT2D eigenvalue weighted by Crippen LogP contribution is 2.22. The summed E-state index contributed by atoms with van der Waals surface area (Å²) in [6, 6.07) is 8.43. The molecule has 1 aliphatic rings. The number of thioether (sulfide) groups is 1. The van der Waals surface area contributed by atoms with Crippen LogP contribution in [0.2, 0.25) is 0 Å². The lowest BCUT2D eigenvalue weighted by molar-refractivity contribution is -0.146. The number of rotatable bonds is 5. The second kappa shape index (κ2) is 7.84. The number of esters is 1. The molecule has 1 aromatic carbocycles. The number of para-hydroxylation sites is 1. The van der Waals surface area contributed by atoms with Crippen molar-refractivity contribution in [2.75, 3.05) is 17.7 Å². The predicted octanol–water partition coefficient (Wildman–Crippen LogP) is 1.18. The summed E-state index contributed by atoms with van der Waals surface area (Å²) < 4.78 is 4.88. The average molecular weight is 322 g/mol. The van der Waals surface area contributed by atoms with Crippen molar-refractivity contribution in [1.82, 2.24) is 5.32 Å². The summed E-state index contributed by atoms with van der Waals surface area (Å²) in [5, 5.41) is 4.85. The van der Waals surface area contributed by atoms with E-state index in [4.69, 9.17) is 4.74 Å². The monoisotopic (exact) mass is 322 g/mol. The summed E-state index contributed by atoms with van der Waals surface area (Å²) in [5.41, 5.74) is 0.693. The van der Waals surface area contributed by atoms with Crippen molar-refractivity contribution < 1.29 is 19.1 Å². The number of hydrogen-bond donors (Lipinski definition) is 2. The summed E-state index contributed by atoms with van der Waals surface area (Å²) in [6.45, 7) is 1.99. The molecule has 1 fully saturated rings. The van der Waals surface area contributed by atoms with Gasteiger partial charge >= 0.3 is 5.97 Å². The van der Waals surface area contributed by atoms with Gasteiger partial charge in [0.2, 0.25) is 11.8 Å². The highest BCUT2D eigenvalue weighted by molar-refractivity contribution is 8.00. The third kappa shape index (κ3) is 4.49. The molecule has 7 heteroatoms. The fraction of sp³-hybridized carbons (Fsp3) is 0.400. The van der Waals surface area contributed by atoms with Crippen LogP contribution in [0, 0.1) is 0 Å². The number of carbonyl (C=O) groups is 3. The molecule has 2 amide bonds. The third-order valence-corrected chi connectivity index (χ3v) is 4.38. The average Bonchev–Trinajstić information content (AvgIpc) is 2.50. The zero-order valence-corrected chi connectivity index (χ0v) is 13.0. The predicted molar refractivity (Wildman–Crippen MR) is 84.5 cm³/mol. The van der Waals surface area contributed by atoms with Gasteiger partial charge in [-0.05, 0) is 19.1 Å². The van der Waals surface area contributed by atoms with Gasteiger partial charge in [-0.15, -0.1) is 11.8 Å². The van der Waals surface area contributed by atoms with Gasteiger partial charge in [0.15, 0.2) is 0 Å². The van der Waals surface area contributed by atoms with Crippen LogP contribution in [-0.2, 0) is 19.1 Å². The second-order valence-corrected chi connectivity index (χ2v) is 5.99. The van der Waals surface area contributed by atoms with Crippen LogP contribution in [0.3, 0.4) is 0 Å². The first-order valence-corrected chi connectivity index (χ1v) is 8.08. The Bertz CT molecular complexity index is 550. The minimum atomic E-state index is -0.633. The number of amides is 2. The molecule has 0 unspecified atom stereocenters. The number of benzene rings is 1. The van der Waals surface area contributed by atoms with Gasteiger partial charge in [0.1, 0.15) is 6.04 Å². The van der Waals surface area contributed by atoms with Gasteiger partial charge in [0.25, 0.3) is 0 Å². The molecule has 1 saturated heterocycles. The first-order chi connectivity index (χ1) is 10.6. The van der Waals surface area contributed by atoms with Crippen LogP contribution in [0.4, 0.5) is 5.69 Å². The van der Waals surface area contributed by atoms with E-state index < -0.39 is 17.3 Å². The topological polar surface area (TPSA) is 84.5 Å². The van der Waals surface area contributed by atoms with Crippen molar-refractivity contribution in [2.24, 2.45) is 0 Å². The summed E-state index contributed by atoms with van der Waals surface area (Å²) in [4.78, 5) is 35.5. The third-order valence-electron chi connectivity index (χ3n) is 3.07. The van der Waals surface area contributed by atoms with Crippen LogP contribution in [0.15, 0.2) is 30.3 Å². The molecule has 1 aromatic rings. The number of hydrogen-bond acceptors (Lipinski definition) is 5. The molecule has 118 valence electrons. The molecule has 0 bridgehead atoms. The molecule has 0 saturated carbocycles. The van der Waals surface area contributed by atoms with E-state index in [1.807, 2.05) is 18.2 Å². The zero-order valence-electron chi connectivity index (χ0n) is 12.2. The first kappa shape index (κ1) is 16.4. The Morgan fingerprint density at radius 1 is 1.36 bits per heavy atom. The number of carbonyl (C=O) groups excluding carboxylic acids is 3. The summed E-state index contributed by atoms with van der Waals surface area (Å²) in [5.74, 6) is -0.560. The van der Waals surface area contributed by atoms with Crippen LogP contribution in [0.1, 0.15) is 13.3 Å². The van der Waals surface area contributed by atoms with Gasteiger partial charge < -0.3 is 15.4 Å². The first-order valence-electron chi connectivity index (χ1n) is 7.03. The van der Waals surface area contributed by atoms with Gasteiger partial charge in [0, 0.05) is 17.9 Å². The Hall–Kier alpha value is -2.02. The van der Waals surface area contributed by atoms with E-state index in [9.17, 15) is 14.4 Å². The van der Waals surface area contributed by atoms with Crippen molar-refractivity contribution in [3.05, 3.63) is 30.3 Å². The SMILES string of the molecule is CCOC(=O)[C@@H]1CS[C@H](CC(=O)Nc2ccccc2)C(=O)N1. The highest BCUT2D eigenvalue weighted by atomic mass is 32.2. The molecule has 0 radical (unpaired) electrons. The molecule has 22 heavy (non-hydrogen) atoms. The van der Waals surface area contributed by atoms with Crippen molar-refractivity contribution in [3.63, 3.8) is 0 Å². The van der Waals surface area contributed by atoms with E-state index in [1.54, 1.807) is 19.1 Å². The van der Waals surface area contributed by atoms with Gasteiger partial charge in [-0.25, -0.2) is 4.79 Å². The van der Waals surface area contributed by atoms with Crippen LogP contribution in [-0.4, -0.2) is 41.4 Å². The van der Waals surface area contributed by atoms with Gasteiger partial charge in [-0.1, -0.05) is 18.2 Å². The molecular formula is C15H18N2O4S. The molecule has 6 nitrogen and oxygen atoms in total. The summed E-state index contributed by atoms with van der Waals surface area (Å²) in [6.07, 6.45) is 0.0704.